The Balaban J connectivity index is 1.94. The summed E-state index contributed by atoms with van der Waals surface area (Å²) in [4.78, 5) is 41.0. The second kappa shape index (κ2) is 10.3. The molecule has 1 unspecified atom stereocenters. The van der Waals surface area contributed by atoms with Crippen molar-refractivity contribution in [3.8, 4) is 5.75 Å². The zero-order valence-electron chi connectivity index (χ0n) is 18.3. The van der Waals surface area contributed by atoms with E-state index in [1.165, 1.54) is 0 Å². The number of esters is 1. The van der Waals surface area contributed by atoms with Gasteiger partial charge in [-0.2, -0.15) is 0 Å². The molecule has 2 aliphatic heterocycles. The fraction of sp³-hybridized carbons (Fsp3) is 0.500. The number of hydrogen-bond donors (Lipinski definition) is 2. The van der Waals surface area contributed by atoms with Crippen molar-refractivity contribution in [1.82, 2.24) is 20.4 Å². The lowest BCUT2D eigenvalue weighted by Gasteiger charge is -2.36. The third-order valence-corrected chi connectivity index (χ3v) is 5.38. The largest absolute Gasteiger partial charge is 0.494 e. The first kappa shape index (κ1) is 22.6. The number of para-hydroxylation sites is 1. The molecular weight excluding hydrogens is 400 g/mol. The standard InChI is InChI=1S/C22H30N4O5/c1-4-30-18-9-7-6-8-16(18)20-19(21(28)31-5-2)17(23-22(29)24-20)14-25-10-12-26(13-11-25)15(3)27/h6-9,20H,4-5,10-14H2,1-3H3,(H2,23,24,29). The van der Waals surface area contributed by atoms with Gasteiger partial charge in [0.1, 0.15) is 5.75 Å². The lowest BCUT2D eigenvalue weighted by molar-refractivity contribution is -0.139. The summed E-state index contributed by atoms with van der Waals surface area (Å²) in [5, 5.41) is 5.65. The average Bonchev–Trinajstić information content (AvgIpc) is 2.74. The van der Waals surface area contributed by atoms with Crippen molar-refractivity contribution in [2.45, 2.75) is 26.8 Å². The van der Waals surface area contributed by atoms with Crippen LogP contribution in [0.1, 0.15) is 32.4 Å². The van der Waals surface area contributed by atoms with Gasteiger partial charge in [0.25, 0.3) is 0 Å². The smallest absolute Gasteiger partial charge is 0.338 e. The summed E-state index contributed by atoms with van der Waals surface area (Å²) in [5.74, 6) is 0.172. The quantitative estimate of drug-likeness (QED) is 0.635. The number of carbonyl (C=O) groups excluding carboxylic acids is 3. The number of nitrogens with one attached hydrogen (secondary N) is 2. The Labute approximate surface area is 182 Å². The first-order valence-corrected chi connectivity index (χ1v) is 10.6. The molecule has 1 atom stereocenters. The lowest BCUT2D eigenvalue weighted by atomic mass is 9.94. The van der Waals surface area contributed by atoms with Crippen molar-refractivity contribution in [3.05, 3.63) is 41.1 Å². The van der Waals surface area contributed by atoms with Crippen LogP contribution < -0.4 is 15.4 Å². The second-order valence-corrected chi connectivity index (χ2v) is 7.40. The van der Waals surface area contributed by atoms with Crippen molar-refractivity contribution in [2.24, 2.45) is 0 Å². The molecule has 31 heavy (non-hydrogen) atoms. The van der Waals surface area contributed by atoms with Gasteiger partial charge < -0.3 is 25.0 Å². The predicted molar refractivity (Wildman–Crippen MR) is 114 cm³/mol. The third-order valence-electron chi connectivity index (χ3n) is 5.38. The van der Waals surface area contributed by atoms with Gasteiger partial charge in [-0.25, -0.2) is 9.59 Å². The summed E-state index contributed by atoms with van der Waals surface area (Å²) in [5.41, 5.74) is 1.57. The molecule has 0 saturated carbocycles. The summed E-state index contributed by atoms with van der Waals surface area (Å²) in [6.07, 6.45) is 0. The third kappa shape index (κ3) is 5.35. The zero-order chi connectivity index (χ0) is 22.4. The Morgan fingerprint density at radius 1 is 1.10 bits per heavy atom. The molecule has 9 nitrogen and oxygen atoms in total. The van der Waals surface area contributed by atoms with Crippen molar-refractivity contribution in [3.63, 3.8) is 0 Å². The molecule has 0 aromatic heterocycles. The van der Waals surface area contributed by atoms with Crippen molar-refractivity contribution < 1.29 is 23.9 Å². The van der Waals surface area contributed by atoms with Crippen LogP contribution in [0.4, 0.5) is 4.79 Å². The first-order valence-electron chi connectivity index (χ1n) is 10.6. The molecule has 2 heterocycles. The number of piperazine rings is 1. The van der Waals surface area contributed by atoms with Crippen LogP contribution in [0.25, 0.3) is 0 Å². The van der Waals surface area contributed by atoms with Crippen LogP contribution >= 0.6 is 0 Å². The van der Waals surface area contributed by atoms with E-state index < -0.39 is 12.0 Å². The van der Waals surface area contributed by atoms with E-state index in [0.29, 0.717) is 61.9 Å². The van der Waals surface area contributed by atoms with Crippen molar-refractivity contribution in [1.29, 1.82) is 0 Å². The molecule has 2 N–H and O–H groups in total. The van der Waals surface area contributed by atoms with Crippen LogP contribution in [-0.4, -0.2) is 73.6 Å². The maximum atomic E-state index is 13.0. The molecule has 0 spiro atoms. The van der Waals surface area contributed by atoms with Gasteiger partial charge in [-0.1, -0.05) is 18.2 Å². The number of benzene rings is 1. The number of nitrogens with zero attached hydrogens (tertiary/aromatic N) is 2. The minimum Gasteiger partial charge on any atom is -0.494 e. The summed E-state index contributed by atoms with van der Waals surface area (Å²) in [6.45, 7) is 8.78. The Hall–Kier alpha value is -3.07. The van der Waals surface area contributed by atoms with E-state index in [9.17, 15) is 14.4 Å². The zero-order valence-corrected chi connectivity index (χ0v) is 18.3. The molecule has 0 bridgehead atoms. The molecular formula is C22H30N4O5. The van der Waals surface area contributed by atoms with E-state index in [-0.39, 0.29) is 18.5 Å². The van der Waals surface area contributed by atoms with Crippen LogP contribution in [-0.2, 0) is 14.3 Å². The number of rotatable bonds is 7. The molecule has 2 aliphatic rings. The summed E-state index contributed by atoms with van der Waals surface area (Å²) >= 11 is 0. The van der Waals surface area contributed by atoms with Gasteiger partial charge in [-0.3, -0.25) is 9.69 Å². The predicted octanol–water partition coefficient (Wildman–Crippen LogP) is 1.42. The van der Waals surface area contributed by atoms with Crippen LogP contribution in [0, 0.1) is 0 Å². The van der Waals surface area contributed by atoms with E-state index in [2.05, 4.69) is 15.5 Å². The normalized spacial score (nSPS) is 19.5. The fourth-order valence-corrected chi connectivity index (χ4v) is 3.88. The molecule has 1 aromatic carbocycles. The maximum absolute atomic E-state index is 13.0. The van der Waals surface area contributed by atoms with Gasteiger partial charge in [-0.15, -0.1) is 0 Å². The van der Waals surface area contributed by atoms with Crippen LogP contribution in [0.15, 0.2) is 35.5 Å². The van der Waals surface area contributed by atoms with Gasteiger partial charge in [0.2, 0.25) is 5.91 Å². The molecule has 3 amide bonds. The Bertz CT molecular complexity index is 861. The van der Waals surface area contributed by atoms with Gasteiger partial charge >= 0.3 is 12.0 Å². The highest BCUT2D eigenvalue weighted by atomic mass is 16.5. The first-order chi connectivity index (χ1) is 14.9. The van der Waals surface area contributed by atoms with Crippen LogP contribution in [0.3, 0.4) is 0 Å². The molecule has 0 aliphatic carbocycles. The molecule has 1 saturated heterocycles. The SMILES string of the molecule is CCOC(=O)C1=C(CN2CCN(C(C)=O)CC2)NC(=O)NC1c1ccccc1OCC. The molecule has 9 heteroatoms. The molecule has 3 rings (SSSR count). The second-order valence-electron chi connectivity index (χ2n) is 7.40. The maximum Gasteiger partial charge on any atom is 0.338 e. The Morgan fingerprint density at radius 2 is 1.81 bits per heavy atom. The highest BCUT2D eigenvalue weighted by Gasteiger charge is 2.36. The molecule has 0 radical (unpaired) electrons. The van der Waals surface area contributed by atoms with Gasteiger partial charge in [0.05, 0.1) is 24.8 Å². The fourth-order valence-electron chi connectivity index (χ4n) is 3.88. The van der Waals surface area contributed by atoms with Crippen molar-refractivity contribution >= 4 is 17.9 Å². The van der Waals surface area contributed by atoms with E-state index >= 15 is 0 Å². The molecule has 1 fully saturated rings. The number of ether oxygens (including phenoxy) is 2. The van der Waals surface area contributed by atoms with Gasteiger partial charge in [-0.05, 0) is 19.9 Å². The topological polar surface area (TPSA) is 100 Å². The number of hydrogen-bond acceptors (Lipinski definition) is 6. The molecule has 168 valence electrons. The lowest BCUT2D eigenvalue weighted by Crippen LogP contribution is -2.52. The van der Waals surface area contributed by atoms with Gasteiger partial charge in [0, 0.05) is 50.9 Å². The average molecular weight is 431 g/mol. The number of amides is 3. The van der Waals surface area contributed by atoms with Crippen molar-refractivity contribution in [2.75, 3.05) is 45.9 Å². The number of urea groups is 1. The Kier molecular flexibility index (Phi) is 7.51. The Morgan fingerprint density at radius 3 is 2.45 bits per heavy atom. The van der Waals surface area contributed by atoms with E-state index in [1.807, 2.05) is 31.2 Å². The minimum atomic E-state index is -0.691. The monoisotopic (exact) mass is 430 g/mol. The minimum absolute atomic E-state index is 0.0499. The summed E-state index contributed by atoms with van der Waals surface area (Å²) in [6, 6.07) is 6.27. The molecule has 1 aromatic rings. The van der Waals surface area contributed by atoms with Crippen LogP contribution in [0.5, 0.6) is 5.75 Å². The van der Waals surface area contributed by atoms with Gasteiger partial charge in [0.15, 0.2) is 0 Å². The summed E-state index contributed by atoms with van der Waals surface area (Å²) in [7, 11) is 0. The highest BCUT2D eigenvalue weighted by molar-refractivity contribution is 5.95. The van der Waals surface area contributed by atoms with E-state index in [1.54, 1.807) is 18.7 Å². The highest BCUT2D eigenvalue weighted by Crippen LogP contribution is 2.34. The van der Waals surface area contributed by atoms with E-state index in [4.69, 9.17) is 9.47 Å². The van der Waals surface area contributed by atoms with Crippen LogP contribution in [0.2, 0.25) is 0 Å². The summed E-state index contributed by atoms with van der Waals surface area (Å²) < 4.78 is 11.1. The van der Waals surface area contributed by atoms with E-state index in [0.717, 1.165) is 0 Å². The number of carbonyl (C=O) groups is 3.